The molecule has 7 nitrogen and oxygen atoms in total. The van der Waals surface area contributed by atoms with Crippen molar-refractivity contribution in [1.82, 2.24) is 20.4 Å². The van der Waals surface area contributed by atoms with Gasteiger partial charge in [0.1, 0.15) is 0 Å². The fraction of sp³-hybridized carbons (Fsp3) is 0.800. The van der Waals surface area contributed by atoms with Crippen LogP contribution in [0.3, 0.4) is 0 Å². The standard InChI is InChI=1S/C15H27N5O2.HI/c1-4-16-15(20-9-7-13(10-20)11-21-3)17-8-5-6-14-18-12(2)19-22-14;/h13H,4-11H2,1-3H3,(H,16,17);1H. The quantitative estimate of drug-likeness (QED) is 0.304. The maximum absolute atomic E-state index is 5.25. The number of aryl methyl sites for hydroxylation is 2. The molecule has 1 aromatic heterocycles. The van der Waals surface area contributed by atoms with E-state index < -0.39 is 0 Å². The van der Waals surface area contributed by atoms with E-state index in [0.29, 0.717) is 17.6 Å². The van der Waals surface area contributed by atoms with E-state index in [1.165, 1.54) is 6.42 Å². The smallest absolute Gasteiger partial charge is 0.226 e. The van der Waals surface area contributed by atoms with Gasteiger partial charge < -0.3 is 19.5 Å². The highest BCUT2D eigenvalue weighted by Crippen LogP contribution is 2.16. The van der Waals surface area contributed by atoms with Crippen molar-refractivity contribution < 1.29 is 9.26 Å². The van der Waals surface area contributed by atoms with Crippen LogP contribution in [0.4, 0.5) is 0 Å². The van der Waals surface area contributed by atoms with Crippen molar-refractivity contribution in [1.29, 1.82) is 0 Å². The first-order valence-corrected chi connectivity index (χ1v) is 8.04. The van der Waals surface area contributed by atoms with Crippen LogP contribution >= 0.6 is 24.0 Å². The predicted molar refractivity (Wildman–Crippen MR) is 100 cm³/mol. The second kappa shape index (κ2) is 10.8. The molecule has 1 aliphatic rings. The number of methoxy groups -OCH3 is 1. The normalized spacial score (nSPS) is 18.1. The molecule has 1 N–H and O–H groups in total. The van der Waals surface area contributed by atoms with E-state index in [0.717, 1.165) is 51.6 Å². The number of hydrogen-bond acceptors (Lipinski definition) is 5. The number of ether oxygens (including phenoxy) is 1. The van der Waals surface area contributed by atoms with Gasteiger partial charge in [-0.3, -0.25) is 4.99 Å². The zero-order valence-corrected chi connectivity index (χ0v) is 16.6. The van der Waals surface area contributed by atoms with Crippen molar-refractivity contribution in [2.75, 3.05) is 39.9 Å². The zero-order chi connectivity index (χ0) is 15.8. The zero-order valence-electron chi connectivity index (χ0n) is 14.2. The molecule has 0 spiro atoms. The summed E-state index contributed by atoms with van der Waals surface area (Å²) < 4.78 is 10.4. The van der Waals surface area contributed by atoms with E-state index in [-0.39, 0.29) is 24.0 Å². The van der Waals surface area contributed by atoms with Gasteiger partial charge in [0, 0.05) is 45.6 Å². The SMILES string of the molecule is CCNC(=NCCCc1nc(C)no1)N1CCC(COC)C1.I. The molecule has 2 heterocycles. The van der Waals surface area contributed by atoms with Gasteiger partial charge in [-0.05, 0) is 26.7 Å². The summed E-state index contributed by atoms with van der Waals surface area (Å²) in [6.45, 7) is 8.46. The summed E-state index contributed by atoms with van der Waals surface area (Å²) in [6.07, 6.45) is 2.85. The van der Waals surface area contributed by atoms with Crippen molar-refractivity contribution in [3.63, 3.8) is 0 Å². The third-order valence-corrected chi connectivity index (χ3v) is 3.70. The number of aliphatic imine (C=N–C) groups is 1. The first kappa shape index (κ1) is 20.1. The average Bonchev–Trinajstić information content (AvgIpc) is 3.12. The molecule has 2 rings (SSSR count). The number of nitrogens with zero attached hydrogens (tertiary/aromatic N) is 4. The average molecular weight is 437 g/mol. The lowest BCUT2D eigenvalue weighted by molar-refractivity contribution is 0.157. The van der Waals surface area contributed by atoms with Crippen LogP contribution in [0.5, 0.6) is 0 Å². The van der Waals surface area contributed by atoms with Gasteiger partial charge in [0.15, 0.2) is 11.8 Å². The largest absolute Gasteiger partial charge is 0.384 e. The molecule has 1 aliphatic heterocycles. The minimum absolute atomic E-state index is 0. The third kappa shape index (κ3) is 6.62. The van der Waals surface area contributed by atoms with Gasteiger partial charge in [-0.15, -0.1) is 24.0 Å². The molecule has 8 heteroatoms. The molecule has 1 fully saturated rings. The lowest BCUT2D eigenvalue weighted by Crippen LogP contribution is -2.40. The van der Waals surface area contributed by atoms with Crippen LogP contribution in [0.15, 0.2) is 9.52 Å². The predicted octanol–water partition coefficient (Wildman–Crippen LogP) is 1.86. The second-order valence-electron chi connectivity index (χ2n) is 5.63. The fourth-order valence-corrected chi connectivity index (χ4v) is 2.68. The van der Waals surface area contributed by atoms with E-state index in [2.05, 4.69) is 27.3 Å². The van der Waals surface area contributed by atoms with E-state index in [9.17, 15) is 0 Å². The summed E-state index contributed by atoms with van der Waals surface area (Å²) in [5.74, 6) is 2.99. The molecule has 1 unspecified atom stereocenters. The lowest BCUT2D eigenvalue weighted by atomic mass is 10.1. The first-order valence-electron chi connectivity index (χ1n) is 8.04. The van der Waals surface area contributed by atoms with Crippen LogP contribution in [0.2, 0.25) is 0 Å². The summed E-state index contributed by atoms with van der Waals surface area (Å²) in [7, 11) is 1.77. The molecule has 1 atom stereocenters. The first-order chi connectivity index (χ1) is 10.7. The number of rotatable bonds is 7. The van der Waals surface area contributed by atoms with Crippen molar-refractivity contribution in [3.05, 3.63) is 11.7 Å². The topological polar surface area (TPSA) is 75.8 Å². The number of likely N-dealkylation sites (tertiary alicyclic amines) is 1. The van der Waals surface area contributed by atoms with Crippen LogP contribution in [-0.2, 0) is 11.2 Å². The van der Waals surface area contributed by atoms with Crippen LogP contribution in [0.25, 0.3) is 0 Å². The molecule has 1 aromatic rings. The molecule has 1 saturated heterocycles. The highest BCUT2D eigenvalue weighted by atomic mass is 127. The molecule has 23 heavy (non-hydrogen) atoms. The Bertz CT molecular complexity index is 480. The minimum atomic E-state index is 0. The Labute approximate surface area is 155 Å². The van der Waals surface area contributed by atoms with Gasteiger partial charge in [-0.1, -0.05) is 5.16 Å². The Hall–Kier alpha value is -0.900. The Morgan fingerprint density at radius 3 is 3.00 bits per heavy atom. The number of guanidine groups is 1. The van der Waals surface area contributed by atoms with Gasteiger partial charge in [0.2, 0.25) is 5.89 Å². The van der Waals surface area contributed by atoms with Crippen LogP contribution in [0.1, 0.15) is 31.5 Å². The maximum Gasteiger partial charge on any atom is 0.226 e. The maximum atomic E-state index is 5.25. The summed E-state index contributed by atoms with van der Waals surface area (Å²) in [6, 6.07) is 0. The number of hydrogen-bond donors (Lipinski definition) is 1. The van der Waals surface area contributed by atoms with Crippen LogP contribution < -0.4 is 5.32 Å². The van der Waals surface area contributed by atoms with Crippen molar-refractivity contribution in [2.24, 2.45) is 10.9 Å². The van der Waals surface area contributed by atoms with Gasteiger partial charge in [-0.2, -0.15) is 4.98 Å². The summed E-state index contributed by atoms with van der Waals surface area (Å²) >= 11 is 0. The molecule has 0 saturated carbocycles. The minimum Gasteiger partial charge on any atom is -0.384 e. The highest BCUT2D eigenvalue weighted by Gasteiger charge is 2.24. The van der Waals surface area contributed by atoms with Crippen molar-refractivity contribution >= 4 is 29.9 Å². The summed E-state index contributed by atoms with van der Waals surface area (Å²) in [5, 5.41) is 7.17. The van der Waals surface area contributed by atoms with Crippen molar-refractivity contribution in [2.45, 2.75) is 33.1 Å². The van der Waals surface area contributed by atoms with Gasteiger partial charge in [0.25, 0.3) is 0 Å². The number of nitrogens with one attached hydrogen (secondary N) is 1. The van der Waals surface area contributed by atoms with Gasteiger partial charge in [-0.25, -0.2) is 0 Å². The van der Waals surface area contributed by atoms with Crippen molar-refractivity contribution in [3.8, 4) is 0 Å². The van der Waals surface area contributed by atoms with E-state index in [1.807, 2.05) is 6.92 Å². The Morgan fingerprint density at radius 1 is 1.52 bits per heavy atom. The highest BCUT2D eigenvalue weighted by molar-refractivity contribution is 14.0. The summed E-state index contributed by atoms with van der Waals surface area (Å²) in [4.78, 5) is 11.2. The van der Waals surface area contributed by atoms with Crippen LogP contribution in [-0.4, -0.2) is 60.9 Å². The molecular formula is C15H28IN5O2. The van der Waals surface area contributed by atoms with Gasteiger partial charge >= 0.3 is 0 Å². The van der Waals surface area contributed by atoms with Crippen LogP contribution in [0, 0.1) is 12.8 Å². The molecule has 0 amide bonds. The Kier molecular flexibility index (Phi) is 9.46. The monoisotopic (exact) mass is 437 g/mol. The molecular weight excluding hydrogens is 409 g/mol. The Morgan fingerprint density at radius 2 is 2.35 bits per heavy atom. The third-order valence-electron chi connectivity index (χ3n) is 3.70. The lowest BCUT2D eigenvalue weighted by Gasteiger charge is -2.21. The number of halogens is 1. The molecule has 132 valence electrons. The molecule has 0 radical (unpaired) electrons. The molecule has 0 bridgehead atoms. The number of aromatic nitrogens is 2. The summed E-state index contributed by atoms with van der Waals surface area (Å²) in [5.41, 5.74) is 0. The molecule has 0 aromatic carbocycles. The Balaban J connectivity index is 0.00000264. The molecule has 0 aliphatic carbocycles. The van der Waals surface area contributed by atoms with E-state index >= 15 is 0 Å². The van der Waals surface area contributed by atoms with E-state index in [1.54, 1.807) is 7.11 Å². The second-order valence-corrected chi connectivity index (χ2v) is 5.63. The van der Waals surface area contributed by atoms with Gasteiger partial charge in [0.05, 0.1) is 6.61 Å². The van der Waals surface area contributed by atoms with E-state index in [4.69, 9.17) is 14.3 Å². The fourth-order valence-electron chi connectivity index (χ4n) is 2.68.